The molecule has 0 aliphatic carbocycles. The molecule has 12 heteroatoms. The van der Waals surface area contributed by atoms with Crippen molar-refractivity contribution in [2.75, 3.05) is 32.1 Å². The van der Waals surface area contributed by atoms with Crippen LogP contribution in [-0.2, 0) is 30.8 Å². The van der Waals surface area contributed by atoms with Crippen LogP contribution in [0.3, 0.4) is 0 Å². The maximum absolute atomic E-state index is 12.7. The van der Waals surface area contributed by atoms with Crippen molar-refractivity contribution in [3.63, 3.8) is 0 Å². The van der Waals surface area contributed by atoms with E-state index in [0.717, 1.165) is 16.3 Å². The number of anilines is 1. The first-order chi connectivity index (χ1) is 19.1. The molecular formula is C28H31N5O6S. The first-order valence-corrected chi connectivity index (χ1v) is 13.8. The number of ether oxygens (including phenoxy) is 1. The molecule has 210 valence electrons. The van der Waals surface area contributed by atoms with Crippen LogP contribution in [0.4, 0.5) is 5.69 Å². The van der Waals surface area contributed by atoms with Gasteiger partial charge in [-0.2, -0.15) is 9.41 Å². The van der Waals surface area contributed by atoms with Crippen LogP contribution in [0.2, 0.25) is 0 Å². The molecule has 0 heterocycles. The van der Waals surface area contributed by atoms with Crippen molar-refractivity contribution in [2.45, 2.75) is 18.2 Å². The largest absolute Gasteiger partial charge is 0.484 e. The zero-order chi connectivity index (χ0) is 29.0. The van der Waals surface area contributed by atoms with E-state index in [1.165, 1.54) is 44.5 Å². The third kappa shape index (κ3) is 9.64. The fourth-order valence-electron chi connectivity index (χ4n) is 3.44. The molecule has 0 atom stereocenters. The monoisotopic (exact) mass is 565 g/mol. The maximum atomic E-state index is 12.7. The zero-order valence-corrected chi connectivity index (χ0v) is 23.0. The van der Waals surface area contributed by atoms with Gasteiger partial charge in [0.15, 0.2) is 6.61 Å². The second-order valence-electron chi connectivity index (χ2n) is 8.70. The van der Waals surface area contributed by atoms with E-state index in [-0.39, 0.29) is 23.3 Å². The van der Waals surface area contributed by atoms with Gasteiger partial charge >= 0.3 is 0 Å². The van der Waals surface area contributed by atoms with E-state index in [1.54, 1.807) is 24.3 Å². The highest BCUT2D eigenvalue weighted by Crippen LogP contribution is 2.17. The van der Waals surface area contributed by atoms with Crippen LogP contribution in [0, 0.1) is 0 Å². The van der Waals surface area contributed by atoms with Crippen LogP contribution >= 0.6 is 0 Å². The summed E-state index contributed by atoms with van der Waals surface area (Å²) in [5.41, 5.74) is 4.55. The fraction of sp³-hybridized carbons (Fsp3) is 0.214. The van der Waals surface area contributed by atoms with E-state index in [2.05, 4.69) is 21.2 Å². The summed E-state index contributed by atoms with van der Waals surface area (Å²) in [6.07, 6.45) is 2.13. The molecule has 3 aromatic carbocycles. The fourth-order valence-corrected chi connectivity index (χ4v) is 4.56. The van der Waals surface area contributed by atoms with Crippen LogP contribution in [0.15, 0.2) is 88.9 Å². The lowest BCUT2D eigenvalue weighted by atomic mass is 10.1. The molecule has 0 saturated heterocycles. The number of likely N-dealkylation sites (N-methyl/N-ethyl adjacent to an activating group) is 1. The Morgan fingerprint density at radius 2 is 1.60 bits per heavy atom. The van der Waals surface area contributed by atoms with E-state index in [0.29, 0.717) is 23.5 Å². The van der Waals surface area contributed by atoms with Gasteiger partial charge in [0.25, 0.3) is 11.8 Å². The minimum atomic E-state index is -3.93. The number of hydrogen-bond acceptors (Lipinski definition) is 7. The maximum Gasteiger partial charge on any atom is 0.257 e. The third-order valence-electron chi connectivity index (χ3n) is 5.48. The Morgan fingerprint density at radius 1 is 0.925 bits per heavy atom. The van der Waals surface area contributed by atoms with Crippen molar-refractivity contribution in [2.24, 2.45) is 5.10 Å². The SMILES string of the molecule is CC(=O)Nc1ccc(S(=O)(=O)N(C)CC(=O)N/N=C/c2ccc(OCC(=O)NCCc3ccccc3)cc2)cc1. The van der Waals surface area contributed by atoms with Crippen LogP contribution < -0.4 is 20.8 Å². The van der Waals surface area contributed by atoms with Crippen molar-refractivity contribution >= 4 is 39.6 Å². The molecule has 0 bridgehead atoms. The Hall–Kier alpha value is -4.55. The minimum Gasteiger partial charge on any atom is -0.484 e. The van der Waals surface area contributed by atoms with Gasteiger partial charge in [-0.3, -0.25) is 14.4 Å². The van der Waals surface area contributed by atoms with E-state index >= 15 is 0 Å². The molecule has 40 heavy (non-hydrogen) atoms. The normalized spacial score (nSPS) is 11.3. The lowest BCUT2D eigenvalue weighted by molar-refractivity contribution is -0.123. The molecule has 3 amide bonds. The van der Waals surface area contributed by atoms with Gasteiger partial charge in [-0.25, -0.2) is 13.8 Å². The van der Waals surface area contributed by atoms with Crippen molar-refractivity contribution < 1.29 is 27.5 Å². The number of carbonyl (C=O) groups is 3. The van der Waals surface area contributed by atoms with Crippen LogP contribution in [0.25, 0.3) is 0 Å². The molecule has 3 rings (SSSR count). The summed E-state index contributed by atoms with van der Waals surface area (Å²) in [7, 11) is -2.65. The molecular weight excluding hydrogens is 534 g/mol. The van der Waals surface area contributed by atoms with Crippen LogP contribution in [0.1, 0.15) is 18.1 Å². The van der Waals surface area contributed by atoms with Crippen LogP contribution in [0.5, 0.6) is 5.75 Å². The number of nitrogens with one attached hydrogen (secondary N) is 3. The molecule has 3 aromatic rings. The molecule has 0 aliphatic heterocycles. The van der Waals surface area contributed by atoms with Gasteiger partial charge in [0.05, 0.1) is 17.7 Å². The summed E-state index contributed by atoms with van der Waals surface area (Å²) in [6, 6.07) is 22.2. The number of amides is 3. The summed E-state index contributed by atoms with van der Waals surface area (Å²) in [6.45, 7) is 1.30. The number of rotatable bonds is 13. The van der Waals surface area contributed by atoms with Gasteiger partial charge in [-0.05, 0) is 66.1 Å². The Balaban J connectivity index is 1.40. The lowest BCUT2D eigenvalue weighted by Crippen LogP contribution is -2.36. The first kappa shape index (κ1) is 30.0. The Bertz CT molecular complexity index is 1430. The van der Waals surface area contributed by atoms with E-state index in [9.17, 15) is 22.8 Å². The second-order valence-corrected chi connectivity index (χ2v) is 10.7. The molecule has 0 unspecified atom stereocenters. The van der Waals surface area contributed by atoms with E-state index in [1.807, 2.05) is 30.3 Å². The molecule has 3 N–H and O–H groups in total. The Morgan fingerprint density at radius 3 is 2.25 bits per heavy atom. The van der Waals surface area contributed by atoms with Crippen molar-refractivity contribution in [1.29, 1.82) is 0 Å². The Labute approximate surface area is 233 Å². The van der Waals surface area contributed by atoms with E-state index in [4.69, 9.17) is 4.74 Å². The quantitative estimate of drug-likeness (QED) is 0.214. The average molecular weight is 566 g/mol. The number of nitrogens with zero attached hydrogens (tertiary/aromatic N) is 2. The predicted molar refractivity (Wildman–Crippen MR) is 151 cm³/mol. The highest BCUT2D eigenvalue weighted by Gasteiger charge is 2.22. The Kier molecular flexibility index (Phi) is 10.9. The number of hydrogen-bond donors (Lipinski definition) is 3. The molecule has 0 radical (unpaired) electrons. The summed E-state index contributed by atoms with van der Waals surface area (Å²) in [5.74, 6) is -0.631. The summed E-state index contributed by atoms with van der Waals surface area (Å²) in [5, 5.41) is 9.23. The van der Waals surface area contributed by atoms with Crippen molar-refractivity contribution in [3.05, 3.63) is 90.0 Å². The number of hydrazone groups is 1. The smallest absolute Gasteiger partial charge is 0.257 e. The van der Waals surface area contributed by atoms with Gasteiger partial charge in [0.2, 0.25) is 15.9 Å². The first-order valence-electron chi connectivity index (χ1n) is 12.3. The molecule has 0 spiro atoms. The number of sulfonamides is 1. The lowest BCUT2D eigenvalue weighted by Gasteiger charge is -2.16. The van der Waals surface area contributed by atoms with Crippen molar-refractivity contribution in [3.8, 4) is 5.75 Å². The van der Waals surface area contributed by atoms with E-state index < -0.39 is 22.5 Å². The van der Waals surface area contributed by atoms with Gasteiger partial charge in [-0.15, -0.1) is 0 Å². The molecule has 0 saturated carbocycles. The zero-order valence-electron chi connectivity index (χ0n) is 22.2. The number of carbonyl (C=O) groups excluding carboxylic acids is 3. The minimum absolute atomic E-state index is 0.0209. The van der Waals surface area contributed by atoms with Gasteiger partial charge < -0.3 is 15.4 Å². The molecule has 0 aliphatic rings. The summed E-state index contributed by atoms with van der Waals surface area (Å²) in [4.78, 5) is 35.3. The highest BCUT2D eigenvalue weighted by atomic mass is 32.2. The highest BCUT2D eigenvalue weighted by molar-refractivity contribution is 7.89. The predicted octanol–water partition coefficient (Wildman–Crippen LogP) is 2.15. The van der Waals surface area contributed by atoms with Crippen molar-refractivity contribution in [1.82, 2.24) is 15.0 Å². The second kappa shape index (κ2) is 14.6. The number of benzene rings is 3. The molecule has 0 aromatic heterocycles. The molecule has 11 nitrogen and oxygen atoms in total. The topological polar surface area (TPSA) is 146 Å². The standard InChI is InChI=1S/C28H31N5O6S/c1-21(34)31-24-10-14-26(15-11-24)40(37,38)33(2)19-27(35)32-30-18-23-8-12-25(13-9-23)39-20-28(36)29-17-16-22-6-4-3-5-7-22/h3-15,18H,16-17,19-20H2,1-2H3,(H,29,36)(H,31,34)(H,32,35)/b30-18+. The van der Waals surface area contributed by atoms with Gasteiger partial charge in [-0.1, -0.05) is 30.3 Å². The van der Waals surface area contributed by atoms with Gasteiger partial charge in [0, 0.05) is 26.2 Å². The summed E-state index contributed by atoms with van der Waals surface area (Å²) < 4.78 is 31.8. The average Bonchev–Trinajstić information content (AvgIpc) is 2.93. The van der Waals surface area contributed by atoms with Crippen LogP contribution in [-0.4, -0.2) is 63.4 Å². The third-order valence-corrected chi connectivity index (χ3v) is 7.30. The summed E-state index contributed by atoms with van der Waals surface area (Å²) >= 11 is 0. The van der Waals surface area contributed by atoms with Gasteiger partial charge in [0.1, 0.15) is 5.75 Å². The molecule has 0 fully saturated rings.